The topological polar surface area (TPSA) is 50.4 Å². The fourth-order valence-corrected chi connectivity index (χ4v) is 3.00. The number of benzene rings is 1. The standard InChI is InChI=1S/C14H16BrN3O2/c1-8-6-10-11(20-5-4-19-10)7-9(8)13-12(15)14(17-16-13)18(2)3/h6-7H,4-5H2,1-3H3,(H,16,17). The van der Waals surface area contributed by atoms with Crippen LogP contribution in [0.4, 0.5) is 5.82 Å². The van der Waals surface area contributed by atoms with E-state index in [0.717, 1.165) is 38.6 Å². The summed E-state index contributed by atoms with van der Waals surface area (Å²) in [5.74, 6) is 2.46. The number of nitrogens with zero attached hydrogens (tertiary/aromatic N) is 2. The quantitative estimate of drug-likeness (QED) is 0.915. The summed E-state index contributed by atoms with van der Waals surface area (Å²) in [5, 5.41) is 7.41. The first kappa shape index (κ1) is 13.3. The summed E-state index contributed by atoms with van der Waals surface area (Å²) in [6.07, 6.45) is 0. The van der Waals surface area contributed by atoms with Gasteiger partial charge in [-0.2, -0.15) is 5.10 Å². The zero-order valence-electron chi connectivity index (χ0n) is 11.7. The van der Waals surface area contributed by atoms with Crippen molar-refractivity contribution in [1.29, 1.82) is 0 Å². The second kappa shape index (κ2) is 5.01. The van der Waals surface area contributed by atoms with Crippen LogP contribution in [-0.4, -0.2) is 37.5 Å². The van der Waals surface area contributed by atoms with Crippen molar-refractivity contribution in [2.24, 2.45) is 0 Å². The molecule has 0 bridgehead atoms. The molecule has 0 unspecified atom stereocenters. The molecule has 0 spiro atoms. The molecule has 0 aliphatic carbocycles. The Bertz CT molecular complexity index is 652. The number of ether oxygens (including phenoxy) is 2. The summed E-state index contributed by atoms with van der Waals surface area (Å²) in [6, 6.07) is 4.01. The van der Waals surface area contributed by atoms with E-state index < -0.39 is 0 Å². The maximum Gasteiger partial charge on any atom is 0.164 e. The second-order valence-electron chi connectivity index (χ2n) is 4.94. The number of anilines is 1. The average molecular weight is 338 g/mol. The predicted octanol–water partition coefficient (Wildman–Crippen LogP) is 2.98. The Morgan fingerprint density at radius 2 is 1.85 bits per heavy atom. The van der Waals surface area contributed by atoms with Gasteiger partial charge in [-0.15, -0.1) is 0 Å². The van der Waals surface area contributed by atoms with Crippen molar-refractivity contribution >= 4 is 21.7 Å². The van der Waals surface area contributed by atoms with Gasteiger partial charge in [-0.25, -0.2) is 0 Å². The highest BCUT2D eigenvalue weighted by Gasteiger charge is 2.19. The Kier molecular flexibility index (Phi) is 3.33. The number of H-pyrrole nitrogens is 1. The minimum Gasteiger partial charge on any atom is -0.486 e. The number of halogens is 1. The molecule has 0 fully saturated rings. The van der Waals surface area contributed by atoms with Crippen molar-refractivity contribution in [1.82, 2.24) is 10.2 Å². The highest BCUT2D eigenvalue weighted by atomic mass is 79.9. The fraction of sp³-hybridized carbons (Fsp3) is 0.357. The van der Waals surface area contributed by atoms with Gasteiger partial charge in [0.15, 0.2) is 17.3 Å². The maximum absolute atomic E-state index is 5.65. The number of rotatable bonds is 2. The molecule has 0 amide bonds. The number of hydrogen-bond acceptors (Lipinski definition) is 4. The molecule has 3 rings (SSSR count). The Balaban J connectivity index is 2.10. The monoisotopic (exact) mass is 337 g/mol. The van der Waals surface area contributed by atoms with Crippen LogP contribution in [0.1, 0.15) is 5.56 Å². The van der Waals surface area contributed by atoms with Crippen molar-refractivity contribution in [3.8, 4) is 22.8 Å². The van der Waals surface area contributed by atoms with Gasteiger partial charge < -0.3 is 14.4 Å². The van der Waals surface area contributed by atoms with Gasteiger partial charge in [0, 0.05) is 19.7 Å². The number of hydrogen-bond donors (Lipinski definition) is 1. The van der Waals surface area contributed by atoms with Crippen molar-refractivity contribution < 1.29 is 9.47 Å². The zero-order chi connectivity index (χ0) is 14.3. The SMILES string of the molecule is Cc1cc2c(cc1-c1[nH]nc(N(C)C)c1Br)OCCO2. The Labute approximate surface area is 126 Å². The van der Waals surface area contributed by atoms with E-state index in [2.05, 4.69) is 33.1 Å². The Morgan fingerprint density at radius 1 is 1.20 bits per heavy atom. The summed E-state index contributed by atoms with van der Waals surface area (Å²) in [5.41, 5.74) is 3.12. The Hall–Kier alpha value is -1.69. The van der Waals surface area contributed by atoms with E-state index >= 15 is 0 Å². The molecule has 1 N–H and O–H groups in total. The summed E-state index contributed by atoms with van der Waals surface area (Å²) in [7, 11) is 3.92. The van der Waals surface area contributed by atoms with Gasteiger partial charge in [0.1, 0.15) is 13.2 Å². The molecular formula is C14H16BrN3O2. The van der Waals surface area contributed by atoms with Crippen LogP contribution in [0, 0.1) is 6.92 Å². The third-order valence-corrected chi connectivity index (χ3v) is 4.02. The van der Waals surface area contributed by atoms with Crippen LogP contribution in [0.25, 0.3) is 11.3 Å². The van der Waals surface area contributed by atoms with Crippen molar-refractivity contribution in [3.63, 3.8) is 0 Å². The first-order valence-corrected chi connectivity index (χ1v) is 7.19. The van der Waals surface area contributed by atoms with Crippen molar-refractivity contribution in [2.75, 3.05) is 32.2 Å². The molecule has 2 aromatic rings. The van der Waals surface area contributed by atoms with E-state index in [4.69, 9.17) is 9.47 Å². The first-order chi connectivity index (χ1) is 9.58. The molecule has 1 aromatic carbocycles. The summed E-state index contributed by atoms with van der Waals surface area (Å²) in [6.45, 7) is 3.24. The van der Waals surface area contributed by atoms with E-state index in [1.807, 2.05) is 31.1 Å². The first-order valence-electron chi connectivity index (χ1n) is 6.39. The molecule has 0 saturated carbocycles. The van der Waals surface area contributed by atoms with Gasteiger partial charge in [0.05, 0.1) is 10.2 Å². The van der Waals surface area contributed by atoms with E-state index in [1.165, 1.54) is 0 Å². The van der Waals surface area contributed by atoms with Gasteiger partial charge in [0.25, 0.3) is 0 Å². The Morgan fingerprint density at radius 3 is 2.45 bits per heavy atom. The lowest BCUT2D eigenvalue weighted by Gasteiger charge is -2.20. The van der Waals surface area contributed by atoms with Crippen LogP contribution in [0.3, 0.4) is 0 Å². The number of aryl methyl sites for hydroxylation is 1. The highest BCUT2D eigenvalue weighted by Crippen LogP contribution is 2.40. The molecule has 5 nitrogen and oxygen atoms in total. The molecule has 1 aliphatic rings. The lowest BCUT2D eigenvalue weighted by molar-refractivity contribution is 0.171. The molecule has 0 atom stereocenters. The van der Waals surface area contributed by atoms with Crippen LogP contribution >= 0.6 is 15.9 Å². The number of nitrogens with one attached hydrogen (secondary N) is 1. The van der Waals surface area contributed by atoms with Gasteiger partial charge in [-0.05, 0) is 40.5 Å². The average Bonchev–Trinajstić information content (AvgIpc) is 2.80. The largest absolute Gasteiger partial charge is 0.486 e. The molecule has 0 saturated heterocycles. The predicted molar refractivity (Wildman–Crippen MR) is 81.8 cm³/mol. The molecule has 1 aromatic heterocycles. The molecular weight excluding hydrogens is 322 g/mol. The zero-order valence-corrected chi connectivity index (χ0v) is 13.2. The van der Waals surface area contributed by atoms with Crippen LogP contribution in [0.2, 0.25) is 0 Å². The van der Waals surface area contributed by atoms with Crippen LogP contribution < -0.4 is 14.4 Å². The number of fused-ring (bicyclic) bond motifs is 1. The smallest absolute Gasteiger partial charge is 0.164 e. The van der Waals surface area contributed by atoms with E-state index in [-0.39, 0.29) is 0 Å². The highest BCUT2D eigenvalue weighted by molar-refractivity contribution is 9.10. The van der Waals surface area contributed by atoms with Crippen molar-refractivity contribution in [2.45, 2.75) is 6.92 Å². The van der Waals surface area contributed by atoms with Crippen LogP contribution in [0.15, 0.2) is 16.6 Å². The van der Waals surface area contributed by atoms with E-state index in [1.54, 1.807) is 0 Å². The number of aromatic amines is 1. The summed E-state index contributed by atoms with van der Waals surface area (Å²) in [4.78, 5) is 1.96. The summed E-state index contributed by atoms with van der Waals surface area (Å²) < 4.78 is 12.2. The molecule has 1 aliphatic heterocycles. The normalized spacial score (nSPS) is 13.4. The second-order valence-corrected chi connectivity index (χ2v) is 5.73. The molecule has 20 heavy (non-hydrogen) atoms. The van der Waals surface area contributed by atoms with Crippen molar-refractivity contribution in [3.05, 3.63) is 22.2 Å². The molecule has 2 heterocycles. The van der Waals surface area contributed by atoms with Gasteiger partial charge >= 0.3 is 0 Å². The number of aromatic nitrogens is 2. The van der Waals surface area contributed by atoms with E-state index in [9.17, 15) is 0 Å². The van der Waals surface area contributed by atoms with E-state index in [0.29, 0.717) is 13.2 Å². The minimum atomic E-state index is 0.586. The summed E-state index contributed by atoms with van der Waals surface area (Å²) >= 11 is 3.61. The maximum atomic E-state index is 5.65. The van der Waals surface area contributed by atoms with Gasteiger partial charge in [-0.1, -0.05) is 0 Å². The third-order valence-electron chi connectivity index (χ3n) is 3.27. The minimum absolute atomic E-state index is 0.586. The fourth-order valence-electron chi connectivity index (χ4n) is 2.25. The molecule has 0 radical (unpaired) electrons. The molecule has 6 heteroatoms. The third kappa shape index (κ3) is 2.14. The molecule has 106 valence electrons. The van der Waals surface area contributed by atoms with Crippen LogP contribution in [0.5, 0.6) is 11.5 Å². The van der Waals surface area contributed by atoms with Gasteiger partial charge in [0.2, 0.25) is 0 Å². The lowest BCUT2D eigenvalue weighted by Crippen LogP contribution is -2.15. The van der Waals surface area contributed by atoms with Gasteiger partial charge in [-0.3, -0.25) is 5.10 Å². The van der Waals surface area contributed by atoms with Crippen LogP contribution in [-0.2, 0) is 0 Å². The lowest BCUT2D eigenvalue weighted by atomic mass is 10.0.